The third-order valence-corrected chi connectivity index (χ3v) is 2.06. The molecule has 1 aliphatic rings. The lowest BCUT2D eigenvalue weighted by atomic mass is 10.3. The van der Waals surface area contributed by atoms with Gasteiger partial charge in [0.05, 0.1) is 12.7 Å². The Labute approximate surface area is 73.3 Å². The Morgan fingerprint density at radius 1 is 1.42 bits per heavy atom. The van der Waals surface area contributed by atoms with E-state index in [4.69, 9.17) is 10.5 Å². The molecule has 0 aliphatic carbocycles. The van der Waals surface area contributed by atoms with Crippen LogP contribution in [0.3, 0.4) is 0 Å². The van der Waals surface area contributed by atoms with Crippen LogP contribution in [0.2, 0.25) is 0 Å². The number of rotatable bonds is 3. The van der Waals surface area contributed by atoms with Crippen molar-refractivity contribution >= 4 is 0 Å². The van der Waals surface area contributed by atoms with Crippen LogP contribution in [0, 0.1) is 0 Å². The van der Waals surface area contributed by atoms with E-state index in [-0.39, 0.29) is 6.10 Å². The van der Waals surface area contributed by atoms with Crippen LogP contribution < -0.4 is 5.73 Å². The van der Waals surface area contributed by atoms with E-state index in [0.29, 0.717) is 13.1 Å². The van der Waals surface area contributed by atoms with Crippen LogP contribution in [0.15, 0.2) is 0 Å². The van der Waals surface area contributed by atoms with E-state index in [0.717, 1.165) is 32.7 Å². The minimum Gasteiger partial charge on any atom is -0.390 e. The van der Waals surface area contributed by atoms with Crippen LogP contribution in [0.4, 0.5) is 0 Å². The number of aliphatic hydroxyl groups is 1. The molecule has 1 rings (SSSR count). The maximum Gasteiger partial charge on any atom is 0.0789 e. The first-order valence-corrected chi connectivity index (χ1v) is 4.51. The van der Waals surface area contributed by atoms with E-state index in [1.807, 2.05) is 0 Å². The molecular formula is C8H18N2O2. The SMILES string of the molecule is NCC(O)CN1CCCOCC1. The molecule has 0 aromatic heterocycles. The first-order valence-electron chi connectivity index (χ1n) is 4.51. The van der Waals surface area contributed by atoms with Crippen molar-refractivity contribution in [2.75, 3.05) is 39.4 Å². The second-order valence-corrected chi connectivity index (χ2v) is 3.16. The molecule has 0 saturated carbocycles. The number of nitrogens with two attached hydrogens (primary N) is 1. The highest BCUT2D eigenvalue weighted by molar-refractivity contribution is 4.66. The minimum atomic E-state index is -0.386. The molecule has 1 fully saturated rings. The van der Waals surface area contributed by atoms with Crippen molar-refractivity contribution in [3.63, 3.8) is 0 Å². The number of aliphatic hydroxyl groups excluding tert-OH is 1. The topological polar surface area (TPSA) is 58.7 Å². The Kier molecular flexibility index (Phi) is 4.53. The third-order valence-electron chi connectivity index (χ3n) is 2.06. The lowest BCUT2D eigenvalue weighted by Gasteiger charge is -2.21. The Morgan fingerprint density at radius 3 is 3.00 bits per heavy atom. The van der Waals surface area contributed by atoms with Gasteiger partial charge in [0.25, 0.3) is 0 Å². The largest absolute Gasteiger partial charge is 0.390 e. The Morgan fingerprint density at radius 2 is 2.25 bits per heavy atom. The second-order valence-electron chi connectivity index (χ2n) is 3.16. The normalized spacial score (nSPS) is 23.5. The van der Waals surface area contributed by atoms with Crippen molar-refractivity contribution in [3.05, 3.63) is 0 Å². The molecule has 0 aromatic rings. The summed E-state index contributed by atoms with van der Waals surface area (Å²) >= 11 is 0. The van der Waals surface area contributed by atoms with Gasteiger partial charge in [0.1, 0.15) is 0 Å². The maximum atomic E-state index is 9.29. The molecule has 0 radical (unpaired) electrons. The molecule has 1 heterocycles. The predicted octanol–water partition coefficient (Wildman–Crippen LogP) is -0.972. The minimum absolute atomic E-state index is 0.345. The number of nitrogens with zero attached hydrogens (tertiary/aromatic N) is 1. The van der Waals surface area contributed by atoms with Gasteiger partial charge in [-0.25, -0.2) is 0 Å². The molecule has 0 bridgehead atoms. The number of ether oxygens (including phenoxy) is 1. The average molecular weight is 174 g/mol. The molecule has 0 aromatic carbocycles. The summed E-state index contributed by atoms with van der Waals surface area (Å²) < 4.78 is 5.29. The predicted molar refractivity (Wildman–Crippen MR) is 46.9 cm³/mol. The van der Waals surface area contributed by atoms with E-state index >= 15 is 0 Å². The van der Waals surface area contributed by atoms with Crippen molar-refractivity contribution in [1.29, 1.82) is 0 Å². The Bertz CT molecular complexity index is 114. The van der Waals surface area contributed by atoms with Crippen LogP contribution >= 0.6 is 0 Å². The van der Waals surface area contributed by atoms with E-state index < -0.39 is 0 Å². The lowest BCUT2D eigenvalue weighted by molar-refractivity contribution is 0.107. The van der Waals surface area contributed by atoms with Crippen molar-refractivity contribution in [2.45, 2.75) is 12.5 Å². The number of hydrogen-bond donors (Lipinski definition) is 2. The molecule has 1 atom stereocenters. The van der Waals surface area contributed by atoms with Crippen molar-refractivity contribution in [2.24, 2.45) is 5.73 Å². The van der Waals surface area contributed by atoms with Crippen LogP contribution in [0.25, 0.3) is 0 Å². The smallest absolute Gasteiger partial charge is 0.0789 e. The molecule has 4 nitrogen and oxygen atoms in total. The summed E-state index contributed by atoms with van der Waals surface area (Å²) in [4.78, 5) is 2.20. The first kappa shape index (κ1) is 9.92. The summed E-state index contributed by atoms with van der Waals surface area (Å²) in [6.07, 6.45) is 0.667. The van der Waals surface area contributed by atoms with Gasteiger partial charge in [-0.05, 0) is 6.42 Å². The molecule has 0 spiro atoms. The number of β-amino-alcohol motifs (C(OH)–C–C–N with tert-alkyl or cyclic N) is 1. The van der Waals surface area contributed by atoms with Gasteiger partial charge in [-0.15, -0.1) is 0 Å². The van der Waals surface area contributed by atoms with Crippen LogP contribution in [0.5, 0.6) is 0 Å². The Hall–Kier alpha value is -0.160. The average Bonchev–Trinajstić information content (AvgIpc) is 2.33. The van der Waals surface area contributed by atoms with E-state index in [2.05, 4.69) is 4.90 Å². The summed E-state index contributed by atoms with van der Waals surface area (Å²) in [6, 6.07) is 0. The van der Waals surface area contributed by atoms with Crippen molar-refractivity contribution in [1.82, 2.24) is 4.90 Å². The molecule has 1 saturated heterocycles. The second kappa shape index (κ2) is 5.48. The molecular weight excluding hydrogens is 156 g/mol. The summed E-state index contributed by atoms with van der Waals surface area (Å²) in [7, 11) is 0. The quantitative estimate of drug-likeness (QED) is 0.578. The van der Waals surface area contributed by atoms with Crippen LogP contribution in [-0.2, 0) is 4.74 Å². The Balaban J connectivity index is 2.20. The van der Waals surface area contributed by atoms with Gasteiger partial charge >= 0.3 is 0 Å². The van der Waals surface area contributed by atoms with Gasteiger partial charge in [0, 0.05) is 32.8 Å². The summed E-state index contributed by atoms with van der Waals surface area (Å²) in [5, 5.41) is 9.29. The highest BCUT2D eigenvalue weighted by Gasteiger charge is 2.12. The maximum absolute atomic E-state index is 9.29. The van der Waals surface area contributed by atoms with Gasteiger partial charge < -0.3 is 15.6 Å². The van der Waals surface area contributed by atoms with E-state index in [1.54, 1.807) is 0 Å². The fourth-order valence-electron chi connectivity index (χ4n) is 1.35. The molecule has 1 aliphatic heterocycles. The highest BCUT2D eigenvalue weighted by Crippen LogP contribution is 1.99. The van der Waals surface area contributed by atoms with Gasteiger partial charge in [0.2, 0.25) is 0 Å². The molecule has 4 heteroatoms. The summed E-state index contributed by atoms with van der Waals surface area (Å²) in [5.41, 5.74) is 5.32. The monoisotopic (exact) mass is 174 g/mol. The molecule has 1 unspecified atom stereocenters. The van der Waals surface area contributed by atoms with Crippen LogP contribution in [0.1, 0.15) is 6.42 Å². The van der Waals surface area contributed by atoms with Gasteiger partial charge in [-0.2, -0.15) is 0 Å². The molecule has 0 amide bonds. The molecule has 3 N–H and O–H groups in total. The van der Waals surface area contributed by atoms with Gasteiger partial charge in [-0.3, -0.25) is 4.90 Å². The zero-order chi connectivity index (χ0) is 8.81. The summed E-state index contributed by atoms with van der Waals surface area (Å²) in [5.74, 6) is 0. The molecule has 72 valence electrons. The standard InChI is InChI=1S/C8H18N2O2/c9-6-8(11)7-10-2-1-4-12-5-3-10/h8,11H,1-7,9H2. The van der Waals surface area contributed by atoms with Gasteiger partial charge in [-0.1, -0.05) is 0 Å². The van der Waals surface area contributed by atoms with Gasteiger partial charge in [0.15, 0.2) is 0 Å². The lowest BCUT2D eigenvalue weighted by Crippen LogP contribution is -2.37. The third kappa shape index (κ3) is 3.49. The van der Waals surface area contributed by atoms with Crippen LogP contribution in [-0.4, -0.2) is 55.5 Å². The number of hydrogen-bond acceptors (Lipinski definition) is 4. The fourth-order valence-corrected chi connectivity index (χ4v) is 1.35. The zero-order valence-electron chi connectivity index (χ0n) is 7.41. The summed E-state index contributed by atoms with van der Waals surface area (Å²) in [6.45, 7) is 4.57. The van der Waals surface area contributed by atoms with Crippen molar-refractivity contribution < 1.29 is 9.84 Å². The first-order chi connectivity index (χ1) is 5.83. The zero-order valence-corrected chi connectivity index (χ0v) is 7.41. The highest BCUT2D eigenvalue weighted by atomic mass is 16.5. The molecule has 12 heavy (non-hydrogen) atoms. The van der Waals surface area contributed by atoms with E-state index in [9.17, 15) is 5.11 Å². The van der Waals surface area contributed by atoms with Crippen molar-refractivity contribution in [3.8, 4) is 0 Å². The van der Waals surface area contributed by atoms with E-state index in [1.165, 1.54) is 0 Å². The fraction of sp³-hybridized carbons (Fsp3) is 1.00.